The average Bonchev–Trinajstić information content (AvgIpc) is 2.68. The number of hydrogen-bond donors (Lipinski definition) is 0. The molecule has 0 N–H and O–H groups in total. The van der Waals surface area contributed by atoms with E-state index >= 15 is 0 Å². The minimum Gasteiger partial charge on any atom is -0.487 e. The maximum absolute atomic E-state index is 14.2. The summed E-state index contributed by atoms with van der Waals surface area (Å²) >= 11 is 0. The molecule has 5 heteroatoms. The second-order valence-corrected chi connectivity index (χ2v) is 6.81. The third kappa shape index (κ3) is 4.48. The van der Waals surface area contributed by atoms with E-state index in [-0.39, 0.29) is 24.9 Å². The first kappa shape index (κ1) is 19.4. The first-order valence-electron chi connectivity index (χ1n) is 9.45. The minimum atomic E-state index is -0.190. The zero-order valence-corrected chi connectivity index (χ0v) is 16.0. The Hall–Kier alpha value is -2.40. The Labute approximate surface area is 159 Å². The molecule has 0 spiro atoms. The van der Waals surface area contributed by atoms with E-state index in [9.17, 15) is 9.18 Å². The number of amides is 1. The van der Waals surface area contributed by atoms with Crippen molar-refractivity contribution in [2.24, 2.45) is 0 Å². The third-order valence-electron chi connectivity index (χ3n) is 4.78. The van der Waals surface area contributed by atoms with Gasteiger partial charge in [0.25, 0.3) is 5.91 Å². The molecule has 0 saturated heterocycles. The first-order chi connectivity index (χ1) is 13.1. The van der Waals surface area contributed by atoms with Crippen LogP contribution in [0.4, 0.5) is 10.1 Å². The second kappa shape index (κ2) is 9.00. The fourth-order valence-corrected chi connectivity index (χ4v) is 3.50. The van der Waals surface area contributed by atoms with Gasteiger partial charge in [0.05, 0.1) is 5.69 Å². The number of hydrogen-bond acceptors (Lipinski definition) is 3. The van der Waals surface area contributed by atoms with Gasteiger partial charge in [0.15, 0.2) is 0 Å². The molecule has 1 aliphatic heterocycles. The van der Waals surface area contributed by atoms with Crippen molar-refractivity contribution >= 4 is 11.6 Å². The van der Waals surface area contributed by atoms with Gasteiger partial charge in [-0.05, 0) is 48.1 Å². The lowest BCUT2D eigenvalue weighted by Crippen LogP contribution is -2.38. The molecule has 2 aromatic carbocycles. The van der Waals surface area contributed by atoms with Crippen LogP contribution >= 0.6 is 0 Å². The Balaban J connectivity index is 1.80. The van der Waals surface area contributed by atoms with Gasteiger partial charge in [-0.25, -0.2) is 4.39 Å². The van der Waals surface area contributed by atoms with Crippen LogP contribution in [0.25, 0.3) is 0 Å². The molecule has 0 aromatic heterocycles. The van der Waals surface area contributed by atoms with Crippen molar-refractivity contribution in [3.05, 3.63) is 58.9 Å². The summed E-state index contributed by atoms with van der Waals surface area (Å²) in [5.41, 5.74) is 3.41. The topological polar surface area (TPSA) is 38.8 Å². The predicted molar refractivity (Wildman–Crippen MR) is 104 cm³/mol. The molecule has 0 atom stereocenters. The molecular weight excluding hydrogens is 345 g/mol. The number of methoxy groups -OCH3 is 1. The number of benzene rings is 2. The monoisotopic (exact) mass is 371 g/mol. The smallest absolute Gasteiger partial charge is 0.253 e. The Bertz CT molecular complexity index is 806. The van der Waals surface area contributed by atoms with Crippen LogP contribution in [-0.4, -0.2) is 26.2 Å². The number of rotatable bonds is 7. The highest BCUT2D eigenvalue weighted by Crippen LogP contribution is 2.37. The van der Waals surface area contributed by atoms with E-state index in [0.29, 0.717) is 12.3 Å². The van der Waals surface area contributed by atoms with E-state index in [1.165, 1.54) is 13.2 Å². The Morgan fingerprint density at radius 3 is 2.85 bits per heavy atom. The molecule has 0 radical (unpaired) electrons. The zero-order valence-electron chi connectivity index (χ0n) is 16.0. The number of ether oxygens (including phenoxy) is 2. The summed E-state index contributed by atoms with van der Waals surface area (Å²) in [5.74, 6) is 0.379. The number of halogens is 1. The van der Waals surface area contributed by atoms with Crippen LogP contribution in [0.3, 0.4) is 0 Å². The molecule has 1 aliphatic rings. The average molecular weight is 371 g/mol. The molecule has 0 fully saturated rings. The van der Waals surface area contributed by atoms with Crippen molar-refractivity contribution in [3.63, 3.8) is 0 Å². The van der Waals surface area contributed by atoms with Crippen molar-refractivity contribution in [1.82, 2.24) is 0 Å². The van der Waals surface area contributed by atoms with Crippen LogP contribution < -0.4 is 9.64 Å². The molecule has 27 heavy (non-hydrogen) atoms. The van der Waals surface area contributed by atoms with E-state index in [1.807, 2.05) is 37.3 Å². The molecule has 0 aliphatic carbocycles. The molecule has 3 rings (SSSR count). The number of fused-ring (bicyclic) bond motifs is 1. The molecule has 1 amide bonds. The van der Waals surface area contributed by atoms with Crippen LogP contribution in [0, 0.1) is 5.82 Å². The standard InChI is InChI=1S/C22H26FNO3/c1-3-6-17-11-10-16(13-19(17)23)14-27-20-9-4-7-18-8-5-12-24(22(18)20)21(25)15-26-2/h4,7,9-11,13H,3,5-6,8,12,14-15H2,1-2H3. The van der Waals surface area contributed by atoms with Crippen molar-refractivity contribution in [2.75, 3.05) is 25.2 Å². The summed E-state index contributed by atoms with van der Waals surface area (Å²) in [5, 5.41) is 0. The van der Waals surface area contributed by atoms with Gasteiger partial charge < -0.3 is 14.4 Å². The van der Waals surface area contributed by atoms with E-state index in [4.69, 9.17) is 9.47 Å². The van der Waals surface area contributed by atoms with Crippen molar-refractivity contribution in [2.45, 2.75) is 39.2 Å². The fourth-order valence-electron chi connectivity index (χ4n) is 3.50. The van der Waals surface area contributed by atoms with Crippen molar-refractivity contribution in [1.29, 1.82) is 0 Å². The molecule has 144 valence electrons. The summed E-state index contributed by atoms with van der Waals surface area (Å²) in [6.07, 6.45) is 3.46. The Kier molecular flexibility index (Phi) is 6.45. The highest BCUT2D eigenvalue weighted by molar-refractivity contribution is 5.97. The number of para-hydroxylation sites is 1. The lowest BCUT2D eigenvalue weighted by atomic mass is 10.0. The van der Waals surface area contributed by atoms with Crippen LogP contribution in [0.2, 0.25) is 0 Å². The van der Waals surface area contributed by atoms with Gasteiger partial charge >= 0.3 is 0 Å². The second-order valence-electron chi connectivity index (χ2n) is 6.81. The van der Waals surface area contributed by atoms with Crippen LogP contribution in [0.1, 0.15) is 36.5 Å². The quantitative estimate of drug-likeness (QED) is 0.729. The van der Waals surface area contributed by atoms with Gasteiger partial charge in [-0.3, -0.25) is 4.79 Å². The van der Waals surface area contributed by atoms with Crippen molar-refractivity contribution < 1.29 is 18.7 Å². The molecule has 4 nitrogen and oxygen atoms in total. The largest absolute Gasteiger partial charge is 0.487 e. The normalized spacial score (nSPS) is 13.4. The van der Waals surface area contributed by atoms with Crippen LogP contribution in [0.5, 0.6) is 5.75 Å². The number of carbonyl (C=O) groups excluding carboxylic acids is 1. The summed E-state index contributed by atoms with van der Waals surface area (Å²) < 4.78 is 25.2. The maximum atomic E-state index is 14.2. The Morgan fingerprint density at radius 2 is 2.11 bits per heavy atom. The Morgan fingerprint density at radius 1 is 1.26 bits per heavy atom. The summed E-state index contributed by atoms with van der Waals surface area (Å²) in [4.78, 5) is 14.2. The molecular formula is C22H26FNO3. The van der Waals surface area contributed by atoms with E-state index in [1.54, 1.807) is 4.90 Å². The predicted octanol–water partition coefficient (Wildman–Crippen LogP) is 4.28. The number of nitrogens with zero attached hydrogens (tertiary/aromatic N) is 1. The lowest BCUT2D eigenvalue weighted by molar-refractivity contribution is -0.122. The zero-order chi connectivity index (χ0) is 19.2. The van der Waals surface area contributed by atoms with Crippen molar-refractivity contribution in [3.8, 4) is 5.75 Å². The SMILES string of the molecule is CCCc1ccc(COc2cccc3c2N(C(=O)COC)CCC3)cc1F. The van der Waals surface area contributed by atoms with Gasteiger partial charge in [0.2, 0.25) is 0 Å². The van der Waals surface area contributed by atoms with E-state index < -0.39 is 0 Å². The van der Waals surface area contributed by atoms with Gasteiger partial charge in [0, 0.05) is 13.7 Å². The summed E-state index contributed by atoms with van der Waals surface area (Å²) in [6.45, 7) is 2.98. The molecule has 1 heterocycles. The number of carbonyl (C=O) groups is 1. The highest BCUT2D eigenvalue weighted by atomic mass is 19.1. The van der Waals surface area contributed by atoms with Gasteiger partial charge in [-0.15, -0.1) is 0 Å². The lowest BCUT2D eigenvalue weighted by Gasteiger charge is -2.31. The molecule has 0 unspecified atom stereocenters. The molecule has 2 aromatic rings. The molecule has 0 bridgehead atoms. The highest BCUT2D eigenvalue weighted by Gasteiger charge is 2.25. The molecule has 0 saturated carbocycles. The van der Waals surface area contributed by atoms with Gasteiger partial charge in [-0.2, -0.15) is 0 Å². The minimum absolute atomic E-state index is 0.0396. The van der Waals surface area contributed by atoms with Gasteiger partial charge in [0.1, 0.15) is 24.8 Å². The van der Waals surface area contributed by atoms with Crippen LogP contribution in [0.15, 0.2) is 36.4 Å². The fraction of sp³-hybridized carbons (Fsp3) is 0.409. The third-order valence-corrected chi connectivity index (χ3v) is 4.78. The summed E-state index contributed by atoms with van der Waals surface area (Å²) in [6, 6.07) is 11.1. The van der Waals surface area contributed by atoms with E-state index in [2.05, 4.69) is 0 Å². The number of aryl methyl sites for hydroxylation is 2. The van der Waals surface area contributed by atoms with Crippen LogP contribution in [-0.2, 0) is 29.0 Å². The summed E-state index contributed by atoms with van der Waals surface area (Å²) in [7, 11) is 1.52. The first-order valence-corrected chi connectivity index (χ1v) is 9.45. The van der Waals surface area contributed by atoms with E-state index in [0.717, 1.165) is 48.1 Å². The number of anilines is 1. The van der Waals surface area contributed by atoms with Gasteiger partial charge in [-0.1, -0.05) is 37.6 Å². The maximum Gasteiger partial charge on any atom is 0.253 e.